The third-order valence-electron chi connectivity index (χ3n) is 6.95. The van der Waals surface area contributed by atoms with Gasteiger partial charge in [0.25, 0.3) is 12.4 Å². The Balaban J connectivity index is 1.30. The fourth-order valence-corrected chi connectivity index (χ4v) is 5.13. The standard InChI is InChI=1S/C28H21ClF2N8O3/c29-21-6-5-19(11-20(21)25-34-14-35-39(25)27(30)31)22(13-42-15-40)38-26(41)24(36-28(38)32)17-3-1-16(2-4-17)18-7-9-37-10-8-33-23(37)12-18/h1-12,14-15,22,24,27H,13H2,(H2,32,36). The first-order valence-electron chi connectivity index (χ1n) is 12.6. The van der Waals surface area contributed by atoms with Crippen LogP contribution in [0.2, 0.25) is 5.02 Å². The number of imidazole rings is 1. The second-order valence-corrected chi connectivity index (χ2v) is 9.73. The molecular weight excluding hydrogens is 570 g/mol. The van der Waals surface area contributed by atoms with Crippen LogP contribution in [0.3, 0.4) is 0 Å². The Morgan fingerprint density at radius 1 is 1.05 bits per heavy atom. The van der Waals surface area contributed by atoms with E-state index in [0.29, 0.717) is 15.8 Å². The van der Waals surface area contributed by atoms with Crippen molar-refractivity contribution in [3.05, 3.63) is 95.7 Å². The largest absolute Gasteiger partial charge is 0.465 e. The van der Waals surface area contributed by atoms with Gasteiger partial charge in [-0.25, -0.2) is 15.0 Å². The molecule has 1 aliphatic heterocycles. The number of hydrogen-bond acceptors (Lipinski definition) is 8. The molecule has 2 atom stereocenters. The van der Waals surface area contributed by atoms with E-state index in [2.05, 4.69) is 20.1 Å². The first-order valence-corrected chi connectivity index (χ1v) is 13.0. The van der Waals surface area contributed by atoms with Crippen LogP contribution in [-0.4, -0.2) is 54.0 Å². The van der Waals surface area contributed by atoms with E-state index in [1.54, 1.807) is 24.4 Å². The summed E-state index contributed by atoms with van der Waals surface area (Å²) in [4.78, 5) is 38.7. The van der Waals surface area contributed by atoms with Gasteiger partial charge in [0.15, 0.2) is 17.8 Å². The van der Waals surface area contributed by atoms with Crippen molar-refractivity contribution in [1.82, 2.24) is 29.0 Å². The van der Waals surface area contributed by atoms with E-state index in [1.165, 1.54) is 17.0 Å². The Kier molecular flexibility index (Phi) is 7.08. The highest BCUT2D eigenvalue weighted by Crippen LogP contribution is 2.36. The van der Waals surface area contributed by atoms with Gasteiger partial charge in [0.05, 0.1) is 11.1 Å². The van der Waals surface area contributed by atoms with Crippen molar-refractivity contribution in [2.75, 3.05) is 6.61 Å². The number of pyridine rings is 1. The summed E-state index contributed by atoms with van der Waals surface area (Å²) in [5.41, 5.74) is 10.1. The maximum Gasteiger partial charge on any atom is 0.335 e. The van der Waals surface area contributed by atoms with Crippen LogP contribution in [0.15, 0.2) is 84.5 Å². The number of alkyl halides is 2. The highest BCUT2D eigenvalue weighted by molar-refractivity contribution is 6.33. The number of nitrogens with two attached hydrogens (primary N) is 1. The normalized spacial score (nSPS) is 15.8. The summed E-state index contributed by atoms with van der Waals surface area (Å²) in [6.07, 6.45) is 6.47. The van der Waals surface area contributed by atoms with Gasteiger partial charge in [0, 0.05) is 24.2 Å². The van der Waals surface area contributed by atoms with Crippen LogP contribution >= 0.6 is 11.6 Å². The molecule has 212 valence electrons. The Morgan fingerprint density at radius 3 is 2.62 bits per heavy atom. The average Bonchev–Trinajstić information content (AvgIpc) is 3.73. The summed E-state index contributed by atoms with van der Waals surface area (Å²) in [5.74, 6) is -0.720. The van der Waals surface area contributed by atoms with Crippen LogP contribution in [0, 0.1) is 0 Å². The lowest BCUT2D eigenvalue weighted by Crippen LogP contribution is -2.42. The van der Waals surface area contributed by atoms with Crippen molar-refractivity contribution in [2.24, 2.45) is 10.7 Å². The maximum absolute atomic E-state index is 13.7. The fourth-order valence-electron chi connectivity index (χ4n) is 4.93. The quantitative estimate of drug-likeness (QED) is 0.251. The molecule has 2 aromatic carbocycles. The van der Waals surface area contributed by atoms with Gasteiger partial charge in [-0.15, -0.1) is 0 Å². The molecular formula is C28H21ClF2N8O3. The number of aliphatic imine (C=N–C) groups is 1. The van der Waals surface area contributed by atoms with Crippen molar-refractivity contribution < 1.29 is 23.1 Å². The smallest absolute Gasteiger partial charge is 0.335 e. The van der Waals surface area contributed by atoms with Crippen molar-refractivity contribution in [3.8, 4) is 22.5 Å². The van der Waals surface area contributed by atoms with Gasteiger partial charge in [-0.3, -0.25) is 14.5 Å². The maximum atomic E-state index is 13.7. The minimum Gasteiger partial charge on any atom is -0.465 e. The third-order valence-corrected chi connectivity index (χ3v) is 7.27. The monoisotopic (exact) mass is 590 g/mol. The highest BCUT2D eigenvalue weighted by atomic mass is 35.5. The van der Waals surface area contributed by atoms with Crippen LogP contribution < -0.4 is 5.73 Å². The minimum absolute atomic E-state index is 0.0921. The highest BCUT2D eigenvalue weighted by Gasteiger charge is 2.40. The Hall–Kier alpha value is -5.17. The number of benzene rings is 2. The van der Waals surface area contributed by atoms with E-state index >= 15 is 0 Å². The molecule has 6 rings (SSSR count). The molecule has 1 amide bonds. The molecule has 0 radical (unpaired) electrons. The Labute approximate surface area is 241 Å². The minimum atomic E-state index is -2.96. The Morgan fingerprint density at radius 2 is 1.86 bits per heavy atom. The van der Waals surface area contributed by atoms with Crippen LogP contribution in [-0.2, 0) is 14.3 Å². The molecule has 1 aliphatic rings. The molecule has 2 N–H and O–H groups in total. The number of aromatic nitrogens is 5. The number of halogens is 3. The topological polar surface area (TPSA) is 133 Å². The van der Waals surface area contributed by atoms with Gasteiger partial charge >= 0.3 is 6.55 Å². The summed E-state index contributed by atoms with van der Waals surface area (Å²) >= 11 is 6.33. The summed E-state index contributed by atoms with van der Waals surface area (Å²) in [6.45, 7) is -3.00. The molecule has 42 heavy (non-hydrogen) atoms. The molecule has 0 spiro atoms. The van der Waals surface area contributed by atoms with Crippen LogP contribution in [0.1, 0.15) is 29.8 Å². The van der Waals surface area contributed by atoms with Gasteiger partial charge < -0.3 is 14.9 Å². The lowest BCUT2D eigenvalue weighted by molar-refractivity contribution is -0.135. The number of nitrogens with zero attached hydrogens (tertiary/aromatic N) is 7. The first kappa shape index (κ1) is 27.0. The average molecular weight is 591 g/mol. The summed E-state index contributed by atoms with van der Waals surface area (Å²) in [6, 6.07) is 13.9. The van der Waals surface area contributed by atoms with Gasteiger partial charge in [-0.1, -0.05) is 41.9 Å². The molecule has 4 heterocycles. The molecule has 14 heteroatoms. The molecule has 0 saturated carbocycles. The van der Waals surface area contributed by atoms with Crippen LogP contribution in [0.4, 0.5) is 8.78 Å². The van der Waals surface area contributed by atoms with E-state index in [-0.39, 0.29) is 35.4 Å². The van der Waals surface area contributed by atoms with Crippen molar-refractivity contribution in [1.29, 1.82) is 0 Å². The second kappa shape index (κ2) is 11.0. The number of guanidine groups is 1. The lowest BCUT2D eigenvalue weighted by Gasteiger charge is -2.28. The summed E-state index contributed by atoms with van der Waals surface area (Å²) < 4.78 is 34.4. The van der Waals surface area contributed by atoms with Crippen molar-refractivity contribution in [3.63, 3.8) is 0 Å². The zero-order valence-corrected chi connectivity index (χ0v) is 22.3. The number of carbonyl (C=O) groups is 2. The van der Waals surface area contributed by atoms with E-state index in [1.807, 2.05) is 41.1 Å². The predicted octanol–water partition coefficient (Wildman–Crippen LogP) is 4.42. The molecule has 11 nitrogen and oxygen atoms in total. The molecule has 5 aromatic rings. The van der Waals surface area contributed by atoms with E-state index in [9.17, 15) is 18.4 Å². The van der Waals surface area contributed by atoms with Gasteiger partial charge in [0.1, 0.15) is 18.6 Å². The Bertz CT molecular complexity index is 1820. The van der Waals surface area contributed by atoms with E-state index in [4.69, 9.17) is 22.1 Å². The van der Waals surface area contributed by atoms with Gasteiger partial charge in [-0.05, 0) is 46.5 Å². The molecule has 0 saturated heterocycles. The molecule has 0 aliphatic carbocycles. The third kappa shape index (κ3) is 4.83. The van der Waals surface area contributed by atoms with E-state index in [0.717, 1.165) is 23.1 Å². The summed E-state index contributed by atoms with van der Waals surface area (Å²) in [7, 11) is 0. The molecule has 3 aromatic heterocycles. The number of ether oxygens (including phenoxy) is 1. The van der Waals surface area contributed by atoms with Gasteiger partial charge in [-0.2, -0.15) is 18.6 Å². The van der Waals surface area contributed by atoms with Gasteiger partial charge in [0.2, 0.25) is 0 Å². The first-order chi connectivity index (χ1) is 20.4. The molecule has 0 fully saturated rings. The number of hydrogen-bond donors (Lipinski definition) is 1. The zero-order chi connectivity index (χ0) is 29.4. The number of carbonyl (C=O) groups excluding carboxylic acids is 2. The predicted molar refractivity (Wildman–Crippen MR) is 148 cm³/mol. The molecule has 2 unspecified atom stereocenters. The zero-order valence-electron chi connectivity index (χ0n) is 21.6. The second-order valence-electron chi connectivity index (χ2n) is 9.32. The lowest BCUT2D eigenvalue weighted by atomic mass is 9.99. The van der Waals surface area contributed by atoms with Crippen molar-refractivity contribution in [2.45, 2.75) is 18.6 Å². The van der Waals surface area contributed by atoms with Crippen molar-refractivity contribution >= 4 is 35.6 Å². The SMILES string of the molecule is NC1=NC(c2ccc(-c3ccn4ccnc4c3)cc2)C(=O)N1C(COC=O)c1ccc(Cl)c(-c2ncnn2C(F)F)c1. The van der Waals surface area contributed by atoms with Crippen LogP contribution in [0.25, 0.3) is 28.2 Å². The summed E-state index contributed by atoms with van der Waals surface area (Å²) in [5, 5.41) is 3.68. The number of amides is 1. The molecule has 0 bridgehead atoms. The fraction of sp³-hybridized carbons (Fsp3) is 0.143. The number of fused-ring (bicyclic) bond motifs is 1. The number of rotatable bonds is 9. The van der Waals surface area contributed by atoms with E-state index < -0.39 is 24.5 Å². The van der Waals surface area contributed by atoms with Crippen LogP contribution in [0.5, 0.6) is 0 Å².